The number of anilines is 1. The minimum Gasteiger partial charge on any atom is -0.364 e. The van der Waals surface area contributed by atoms with Gasteiger partial charge in [0, 0.05) is 12.1 Å². The van der Waals surface area contributed by atoms with Crippen molar-refractivity contribution in [3.8, 4) is 0 Å². The number of hydrogen-bond acceptors (Lipinski definition) is 3. The first-order valence-electron chi connectivity index (χ1n) is 6.98. The van der Waals surface area contributed by atoms with E-state index in [1.165, 1.54) is 10.6 Å². The third-order valence-corrected chi connectivity index (χ3v) is 3.88. The SMILES string of the molecule is CCn1c(=O)[nH]c2c(c1=O)CCC(c1ccccc1F)N2. The van der Waals surface area contributed by atoms with E-state index in [0.29, 0.717) is 36.3 Å². The summed E-state index contributed by atoms with van der Waals surface area (Å²) in [7, 11) is 0. The number of hydrogen-bond donors (Lipinski definition) is 2. The smallest absolute Gasteiger partial charge is 0.329 e. The van der Waals surface area contributed by atoms with E-state index in [-0.39, 0.29) is 17.4 Å². The van der Waals surface area contributed by atoms with E-state index < -0.39 is 5.69 Å². The largest absolute Gasteiger partial charge is 0.364 e. The van der Waals surface area contributed by atoms with Crippen LogP contribution in [-0.2, 0) is 13.0 Å². The number of benzene rings is 1. The quantitative estimate of drug-likeness (QED) is 0.886. The Balaban J connectivity index is 2.03. The number of H-pyrrole nitrogens is 1. The molecule has 21 heavy (non-hydrogen) atoms. The highest BCUT2D eigenvalue weighted by Crippen LogP contribution is 2.30. The van der Waals surface area contributed by atoms with Crippen LogP contribution in [0.3, 0.4) is 0 Å². The van der Waals surface area contributed by atoms with Gasteiger partial charge in [0.05, 0.1) is 11.6 Å². The molecular formula is C15H16FN3O2. The lowest BCUT2D eigenvalue weighted by Gasteiger charge is -2.27. The molecule has 1 unspecified atom stereocenters. The van der Waals surface area contributed by atoms with E-state index >= 15 is 0 Å². The van der Waals surface area contributed by atoms with E-state index in [4.69, 9.17) is 0 Å². The molecule has 2 N–H and O–H groups in total. The van der Waals surface area contributed by atoms with Gasteiger partial charge in [-0.25, -0.2) is 9.18 Å². The van der Waals surface area contributed by atoms with Crippen LogP contribution in [0.15, 0.2) is 33.9 Å². The highest BCUT2D eigenvalue weighted by molar-refractivity contribution is 5.48. The molecule has 6 heteroatoms. The summed E-state index contributed by atoms with van der Waals surface area (Å²) in [6, 6.07) is 6.28. The zero-order valence-corrected chi connectivity index (χ0v) is 11.6. The van der Waals surface area contributed by atoms with Crippen molar-refractivity contribution in [1.82, 2.24) is 9.55 Å². The molecule has 0 saturated carbocycles. The predicted molar refractivity (Wildman–Crippen MR) is 78.1 cm³/mol. The third kappa shape index (κ3) is 2.26. The van der Waals surface area contributed by atoms with Gasteiger partial charge in [-0.3, -0.25) is 14.3 Å². The van der Waals surface area contributed by atoms with Crippen LogP contribution in [0.25, 0.3) is 0 Å². The Morgan fingerprint density at radius 3 is 2.81 bits per heavy atom. The van der Waals surface area contributed by atoms with Crippen LogP contribution in [0.2, 0.25) is 0 Å². The number of aromatic amines is 1. The summed E-state index contributed by atoms with van der Waals surface area (Å²) < 4.78 is 15.0. The molecule has 110 valence electrons. The second-order valence-corrected chi connectivity index (χ2v) is 5.09. The van der Waals surface area contributed by atoms with Gasteiger partial charge in [0.1, 0.15) is 11.6 Å². The van der Waals surface area contributed by atoms with E-state index in [1.807, 2.05) is 0 Å². The van der Waals surface area contributed by atoms with Gasteiger partial charge in [0.25, 0.3) is 5.56 Å². The Morgan fingerprint density at radius 2 is 2.10 bits per heavy atom. The summed E-state index contributed by atoms with van der Waals surface area (Å²) in [5.41, 5.74) is 0.395. The average Bonchev–Trinajstić information content (AvgIpc) is 2.47. The summed E-state index contributed by atoms with van der Waals surface area (Å²) >= 11 is 0. The molecule has 1 aromatic carbocycles. The lowest BCUT2D eigenvalue weighted by molar-refractivity contribution is 0.562. The molecule has 5 nitrogen and oxygen atoms in total. The molecule has 3 rings (SSSR count). The topological polar surface area (TPSA) is 66.9 Å². The molecular weight excluding hydrogens is 273 g/mol. The summed E-state index contributed by atoms with van der Waals surface area (Å²) in [6.45, 7) is 2.08. The maximum atomic E-state index is 13.8. The van der Waals surface area contributed by atoms with Gasteiger partial charge in [-0.15, -0.1) is 0 Å². The molecule has 0 aliphatic carbocycles. The van der Waals surface area contributed by atoms with Crippen LogP contribution in [-0.4, -0.2) is 9.55 Å². The Labute approximate surface area is 120 Å². The first kappa shape index (κ1) is 13.6. The van der Waals surface area contributed by atoms with E-state index in [1.54, 1.807) is 25.1 Å². The molecule has 0 saturated heterocycles. The van der Waals surface area contributed by atoms with Crippen molar-refractivity contribution in [3.63, 3.8) is 0 Å². The molecule has 1 aliphatic heterocycles. The zero-order chi connectivity index (χ0) is 15.0. The second kappa shape index (κ2) is 5.20. The van der Waals surface area contributed by atoms with Gasteiger partial charge < -0.3 is 5.32 Å². The summed E-state index contributed by atoms with van der Waals surface area (Å²) in [5, 5.41) is 3.08. The van der Waals surface area contributed by atoms with Crippen LogP contribution < -0.4 is 16.6 Å². The highest BCUT2D eigenvalue weighted by atomic mass is 19.1. The van der Waals surface area contributed by atoms with Crippen LogP contribution in [0, 0.1) is 5.82 Å². The second-order valence-electron chi connectivity index (χ2n) is 5.09. The molecule has 1 aromatic heterocycles. The van der Waals surface area contributed by atoms with Crippen LogP contribution in [0.4, 0.5) is 10.2 Å². The number of aromatic nitrogens is 2. The number of halogens is 1. The fourth-order valence-corrected chi connectivity index (χ4v) is 2.78. The first-order valence-corrected chi connectivity index (χ1v) is 6.98. The first-order chi connectivity index (χ1) is 10.1. The normalized spacial score (nSPS) is 17.1. The van der Waals surface area contributed by atoms with Gasteiger partial charge >= 0.3 is 5.69 Å². The van der Waals surface area contributed by atoms with Crippen molar-refractivity contribution in [2.24, 2.45) is 0 Å². The Hall–Kier alpha value is -2.37. The van der Waals surface area contributed by atoms with Crippen molar-refractivity contribution in [1.29, 1.82) is 0 Å². The number of nitrogens with one attached hydrogen (secondary N) is 2. The number of rotatable bonds is 2. The summed E-state index contributed by atoms with van der Waals surface area (Å²) in [4.78, 5) is 26.7. The van der Waals surface area contributed by atoms with E-state index in [2.05, 4.69) is 10.3 Å². The minimum atomic E-state index is -0.442. The Morgan fingerprint density at radius 1 is 1.33 bits per heavy atom. The van der Waals surface area contributed by atoms with Crippen LogP contribution in [0.5, 0.6) is 0 Å². The molecule has 0 spiro atoms. The van der Waals surface area contributed by atoms with Gasteiger partial charge in [-0.2, -0.15) is 0 Å². The molecule has 0 bridgehead atoms. The molecule has 1 aliphatic rings. The summed E-state index contributed by atoms with van der Waals surface area (Å²) in [6.07, 6.45) is 1.12. The maximum absolute atomic E-state index is 13.8. The third-order valence-electron chi connectivity index (χ3n) is 3.88. The van der Waals surface area contributed by atoms with Crippen LogP contribution >= 0.6 is 0 Å². The van der Waals surface area contributed by atoms with Crippen molar-refractivity contribution >= 4 is 5.82 Å². The molecule has 2 aromatic rings. The number of nitrogens with zero attached hydrogens (tertiary/aromatic N) is 1. The standard InChI is InChI=1S/C15H16FN3O2/c1-2-19-14(20)10-7-8-12(17-13(10)18-15(19)21)9-5-3-4-6-11(9)16/h3-6,12,17H,2,7-8H2,1H3,(H,18,21). The maximum Gasteiger partial charge on any atom is 0.329 e. The Bertz CT molecular complexity index is 794. The fraction of sp³-hybridized carbons (Fsp3) is 0.333. The van der Waals surface area contributed by atoms with E-state index in [9.17, 15) is 14.0 Å². The molecule has 2 heterocycles. The highest BCUT2D eigenvalue weighted by Gasteiger charge is 2.25. The van der Waals surface area contributed by atoms with Gasteiger partial charge in [0.2, 0.25) is 0 Å². The molecule has 0 amide bonds. The number of fused-ring (bicyclic) bond motifs is 1. The Kier molecular flexibility index (Phi) is 3.37. The molecule has 0 fully saturated rings. The molecule has 1 atom stereocenters. The van der Waals surface area contributed by atoms with Crippen molar-refractivity contribution in [3.05, 3.63) is 62.0 Å². The van der Waals surface area contributed by atoms with Gasteiger partial charge in [-0.1, -0.05) is 18.2 Å². The predicted octanol–water partition coefficient (Wildman–Crippen LogP) is 1.80. The summed E-state index contributed by atoms with van der Waals surface area (Å²) in [5.74, 6) is 0.122. The van der Waals surface area contributed by atoms with E-state index in [0.717, 1.165) is 0 Å². The molecule has 0 radical (unpaired) electrons. The average molecular weight is 289 g/mol. The van der Waals surface area contributed by atoms with Gasteiger partial charge in [-0.05, 0) is 25.8 Å². The van der Waals surface area contributed by atoms with Crippen molar-refractivity contribution in [2.75, 3.05) is 5.32 Å². The van der Waals surface area contributed by atoms with Crippen molar-refractivity contribution in [2.45, 2.75) is 32.4 Å². The van der Waals surface area contributed by atoms with Crippen LogP contribution in [0.1, 0.15) is 30.5 Å². The monoisotopic (exact) mass is 289 g/mol. The van der Waals surface area contributed by atoms with Crippen molar-refractivity contribution < 1.29 is 4.39 Å². The lowest BCUT2D eigenvalue weighted by atomic mass is 9.95. The minimum absolute atomic E-state index is 0.244. The zero-order valence-electron chi connectivity index (χ0n) is 11.6. The van der Waals surface area contributed by atoms with Gasteiger partial charge in [0.15, 0.2) is 0 Å². The fourth-order valence-electron chi connectivity index (χ4n) is 2.78. The lowest BCUT2D eigenvalue weighted by Crippen LogP contribution is -2.39.